The summed E-state index contributed by atoms with van der Waals surface area (Å²) in [6.07, 6.45) is 4.57. The molecule has 6 rings (SSSR count). The minimum Gasteiger partial charge on any atom is -0.479 e. The van der Waals surface area contributed by atoms with E-state index in [4.69, 9.17) is 4.74 Å². The zero-order valence-corrected chi connectivity index (χ0v) is 29.7. The maximum absolute atomic E-state index is 14.4. The van der Waals surface area contributed by atoms with E-state index in [2.05, 4.69) is 20.8 Å². The number of rotatable bonds is 5. The Morgan fingerprint density at radius 2 is 1.81 bits per heavy atom. The zero-order valence-electron chi connectivity index (χ0n) is 29.7. The van der Waals surface area contributed by atoms with Gasteiger partial charge in [-0.2, -0.15) is 28.2 Å². The van der Waals surface area contributed by atoms with Gasteiger partial charge in [0, 0.05) is 24.4 Å². The molecule has 3 amide bonds. The van der Waals surface area contributed by atoms with Gasteiger partial charge < -0.3 is 25.4 Å². The molecule has 0 bridgehead atoms. The second kappa shape index (κ2) is 14.7. The molecule has 0 spiro atoms. The number of benzene rings is 2. The first-order valence-electron chi connectivity index (χ1n) is 17.8. The van der Waals surface area contributed by atoms with Crippen LogP contribution in [0.2, 0.25) is 0 Å². The first kappa shape index (κ1) is 37.5. The summed E-state index contributed by atoms with van der Waals surface area (Å²) >= 11 is 0. The molecule has 1 aliphatic carbocycles. The predicted octanol–water partition coefficient (Wildman–Crippen LogP) is 6.14. The van der Waals surface area contributed by atoms with Crippen LogP contribution in [0.15, 0.2) is 54.6 Å². The van der Waals surface area contributed by atoms with Crippen LogP contribution in [0.3, 0.4) is 0 Å². The van der Waals surface area contributed by atoms with Gasteiger partial charge >= 0.3 is 18.2 Å². The summed E-state index contributed by atoms with van der Waals surface area (Å²) in [5.74, 6) is -2.91. The van der Waals surface area contributed by atoms with Gasteiger partial charge in [-0.05, 0) is 64.2 Å². The lowest BCUT2D eigenvalue weighted by Gasteiger charge is -2.30. The van der Waals surface area contributed by atoms with E-state index in [0.717, 1.165) is 30.5 Å². The first-order chi connectivity index (χ1) is 25.0. The maximum atomic E-state index is 14.4. The number of hydrogen-bond donors (Lipinski definition) is 3. The summed E-state index contributed by atoms with van der Waals surface area (Å²) in [5.41, 5.74) is -2.21. The third kappa shape index (κ3) is 8.55. The molecule has 0 radical (unpaired) electrons. The van der Waals surface area contributed by atoms with Crippen LogP contribution >= 0.6 is 0 Å². The van der Waals surface area contributed by atoms with Crippen LogP contribution in [0, 0.1) is 5.92 Å². The smallest absolute Gasteiger partial charge is 0.416 e. The Morgan fingerprint density at radius 1 is 1.06 bits per heavy atom. The molecule has 1 saturated heterocycles. The average Bonchev–Trinajstić information content (AvgIpc) is 3.38. The Balaban J connectivity index is 1.37. The van der Waals surface area contributed by atoms with Gasteiger partial charge in [0.25, 0.3) is 0 Å². The number of aromatic nitrogens is 3. The SMILES string of the molecule is CC(C)(C)OC(=O)NC1CCCCC/C=C\C2CC2(C(=O)O)NC(=O)C2C[C@@H](n3nc4cc(C(F)(F)F)cc(/C=C/c5ccccc5)c4n3)CN2C1=O. The number of nitrogens with one attached hydrogen (secondary N) is 2. The summed E-state index contributed by atoms with van der Waals surface area (Å²) in [6, 6.07) is 7.89. The van der Waals surface area contributed by atoms with Gasteiger partial charge in [-0.1, -0.05) is 67.5 Å². The van der Waals surface area contributed by atoms with E-state index in [1.807, 2.05) is 12.1 Å². The number of nitrogens with zero attached hydrogens (tertiary/aromatic N) is 4. The summed E-state index contributed by atoms with van der Waals surface area (Å²) in [7, 11) is 0. The number of fused-ring (bicyclic) bond motifs is 3. The highest BCUT2D eigenvalue weighted by Crippen LogP contribution is 2.45. The van der Waals surface area contributed by atoms with Gasteiger partial charge in [0.15, 0.2) is 0 Å². The van der Waals surface area contributed by atoms with Crippen molar-refractivity contribution < 1.29 is 42.2 Å². The highest BCUT2D eigenvalue weighted by molar-refractivity contribution is 5.96. The molecule has 2 aromatic carbocycles. The van der Waals surface area contributed by atoms with Gasteiger partial charge in [0.2, 0.25) is 11.8 Å². The third-order valence-corrected chi connectivity index (χ3v) is 9.77. The number of carboxylic acids is 1. The Bertz CT molecular complexity index is 1940. The van der Waals surface area contributed by atoms with Crippen LogP contribution < -0.4 is 10.6 Å². The van der Waals surface area contributed by atoms with Crippen molar-refractivity contribution in [3.05, 3.63) is 71.3 Å². The number of alkyl halides is 3. The topological polar surface area (TPSA) is 156 Å². The van der Waals surface area contributed by atoms with E-state index in [-0.39, 0.29) is 42.4 Å². The Morgan fingerprint density at radius 3 is 2.51 bits per heavy atom. The van der Waals surface area contributed by atoms with Crippen molar-refractivity contribution in [3.8, 4) is 0 Å². The van der Waals surface area contributed by atoms with Crippen LogP contribution in [0.5, 0.6) is 0 Å². The number of ether oxygens (including phenoxy) is 1. The van der Waals surface area contributed by atoms with Crippen LogP contribution in [0.25, 0.3) is 23.2 Å². The lowest BCUT2D eigenvalue weighted by Crippen LogP contribution is -2.56. The molecule has 15 heteroatoms. The van der Waals surface area contributed by atoms with Gasteiger partial charge in [0.05, 0.1) is 11.6 Å². The second-order valence-corrected chi connectivity index (χ2v) is 14.9. The molecule has 3 aliphatic rings. The molecule has 282 valence electrons. The summed E-state index contributed by atoms with van der Waals surface area (Å²) < 4.78 is 47.5. The lowest BCUT2D eigenvalue weighted by atomic mass is 10.0. The molecule has 3 N–H and O–H groups in total. The standard InChI is InChI=1S/C38H43F3N6O6/c1-36(2,3)53-35(52)42-28-15-11-6-4-5-10-14-25-21-37(25,34(50)51)43-32(48)30-20-27(22-46(30)33(28)49)47-44-29-19-26(38(39,40)41)18-24(31(29)45-47)17-16-23-12-8-7-9-13-23/h7-10,12-14,16-19,25,27-28,30H,4-6,11,15,20-22H2,1-3H3,(H,42,52)(H,43,48)(H,50,51)/b14-10-,17-16+/t25?,27-,28?,30?,37?/m1/s1. The number of alkyl carbamates (subject to hydrolysis) is 1. The Hall–Kier alpha value is -5.21. The maximum Gasteiger partial charge on any atom is 0.416 e. The van der Waals surface area contributed by atoms with Crippen molar-refractivity contribution in [1.29, 1.82) is 0 Å². The summed E-state index contributed by atoms with van der Waals surface area (Å²) in [6.45, 7) is 4.94. The van der Waals surface area contributed by atoms with Gasteiger partial charge in [0.1, 0.15) is 34.3 Å². The van der Waals surface area contributed by atoms with E-state index >= 15 is 0 Å². The normalized spacial score (nSPS) is 26.3. The van der Waals surface area contributed by atoms with E-state index < -0.39 is 70.8 Å². The molecular formula is C38H43F3N6O6. The highest BCUT2D eigenvalue weighted by Gasteiger charge is 2.61. The fourth-order valence-corrected chi connectivity index (χ4v) is 6.96. The molecule has 3 aromatic rings. The molecule has 3 heterocycles. The number of halogens is 3. The molecule has 2 aliphatic heterocycles. The van der Waals surface area contributed by atoms with Gasteiger partial charge in [-0.25, -0.2) is 9.59 Å². The van der Waals surface area contributed by atoms with Crippen LogP contribution in [0.1, 0.15) is 88.4 Å². The predicted molar refractivity (Wildman–Crippen MR) is 189 cm³/mol. The third-order valence-electron chi connectivity index (χ3n) is 9.77. The largest absolute Gasteiger partial charge is 0.479 e. The highest BCUT2D eigenvalue weighted by atomic mass is 19.4. The lowest BCUT2D eigenvalue weighted by molar-refractivity contribution is -0.145. The number of amides is 3. The van der Waals surface area contributed by atoms with Crippen LogP contribution in [0.4, 0.5) is 18.0 Å². The molecule has 53 heavy (non-hydrogen) atoms. The fraction of sp³-hybridized carbons (Fsp3) is 0.474. The van der Waals surface area contributed by atoms with Crippen LogP contribution in [-0.2, 0) is 25.3 Å². The number of allylic oxidation sites excluding steroid dienone is 1. The fourth-order valence-electron chi connectivity index (χ4n) is 6.96. The average molecular weight is 737 g/mol. The molecular weight excluding hydrogens is 693 g/mol. The van der Waals surface area contributed by atoms with Crippen LogP contribution in [-0.4, -0.2) is 78.6 Å². The number of carbonyl (C=O) groups excluding carboxylic acids is 3. The minimum absolute atomic E-state index is 0.0327. The van der Waals surface area contributed by atoms with E-state index in [9.17, 15) is 37.5 Å². The van der Waals surface area contributed by atoms with E-state index in [1.54, 1.807) is 57.2 Å². The van der Waals surface area contributed by atoms with Crippen molar-refractivity contribution in [2.45, 2.75) is 101 Å². The second-order valence-electron chi connectivity index (χ2n) is 14.9. The first-order valence-corrected chi connectivity index (χ1v) is 17.8. The summed E-state index contributed by atoms with van der Waals surface area (Å²) in [4.78, 5) is 56.3. The van der Waals surface area contributed by atoms with Gasteiger partial charge in [-0.15, -0.1) is 0 Å². The molecule has 1 aromatic heterocycles. The molecule has 1 saturated carbocycles. The monoisotopic (exact) mass is 736 g/mol. The summed E-state index contributed by atoms with van der Waals surface area (Å²) in [5, 5.41) is 24.5. The molecule has 5 atom stereocenters. The Kier molecular flexibility index (Phi) is 10.4. The minimum atomic E-state index is -4.67. The van der Waals surface area contributed by atoms with Crippen molar-refractivity contribution in [3.63, 3.8) is 0 Å². The number of aliphatic carboxylic acids is 1. The van der Waals surface area contributed by atoms with Crippen molar-refractivity contribution >= 4 is 47.1 Å². The number of carbonyl (C=O) groups is 4. The quantitative estimate of drug-likeness (QED) is 0.209. The van der Waals surface area contributed by atoms with Crippen molar-refractivity contribution in [2.75, 3.05) is 6.54 Å². The molecule has 12 nitrogen and oxygen atoms in total. The number of hydrogen-bond acceptors (Lipinski definition) is 7. The zero-order chi connectivity index (χ0) is 38.1. The molecule has 4 unspecified atom stereocenters. The molecule has 2 fully saturated rings. The number of carboxylic acid groups (broad SMARTS) is 1. The Labute approximate surface area is 304 Å². The van der Waals surface area contributed by atoms with Crippen molar-refractivity contribution in [1.82, 2.24) is 30.5 Å². The van der Waals surface area contributed by atoms with Crippen molar-refractivity contribution in [2.24, 2.45) is 5.92 Å². The van der Waals surface area contributed by atoms with E-state index in [1.165, 1.54) is 15.8 Å². The van der Waals surface area contributed by atoms with E-state index in [0.29, 0.717) is 12.8 Å². The van der Waals surface area contributed by atoms with Gasteiger partial charge in [-0.3, -0.25) is 9.59 Å².